The van der Waals surface area contributed by atoms with E-state index in [2.05, 4.69) is 10.1 Å². The van der Waals surface area contributed by atoms with Gasteiger partial charge in [0.1, 0.15) is 11.5 Å². The number of ketones is 1. The van der Waals surface area contributed by atoms with Crippen LogP contribution in [0.4, 0.5) is 0 Å². The molecule has 0 spiro atoms. The first-order valence-corrected chi connectivity index (χ1v) is 4.62. The maximum absolute atomic E-state index is 11.7. The highest BCUT2D eigenvalue weighted by atomic mass is 16.5. The van der Waals surface area contributed by atoms with Crippen molar-refractivity contribution in [2.45, 2.75) is 13.3 Å². The largest absolute Gasteiger partial charge is 0.361 e. The molecule has 0 unspecified atom stereocenters. The van der Waals surface area contributed by atoms with Crippen LogP contribution in [0.25, 0.3) is 0 Å². The minimum Gasteiger partial charge on any atom is -0.361 e. The first kappa shape index (κ1) is 9.58. The standard InChI is InChI=1S/C11H10N2O2/c1-8-6-9(15-13-8)7-11(14)10-4-2-3-5-12-10/h2-6H,7H2,1H3. The van der Waals surface area contributed by atoms with Gasteiger partial charge in [-0.1, -0.05) is 11.2 Å². The van der Waals surface area contributed by atoms with E-state index >= 15 is 0 Å². The van der Waals surface area contributed by atoms with Gasteiger partial charge in [-0.15, -0.1) is 0 Å². The zero-order chi connectivity index (χ0) is 10.7. The van der Waals surface area contributed by atoms with E-state index in [-0.39, 0.29) is 12.2 Å². The van der Waals surface area contributed by atoms with Gasteiger partial charge < -0.3 is 4.52 Å². The van der Waals surface area contributed by atoms with Gasteiger partial charge in [-0.25, -0.2) is 0 Å². The fourth-order valence-electron chi connectivity index (χ4n) is 1.28. The molecule has 4 heteroatoms. The predicted molar refractivity (Wildman–Crippen MR) is 53.5 cm³/mol. The number of nitrogens with zero attached hydrogens (tertiary/aromatic N) is 2. The van der Waals surface area contributed by atoms with Crippen LogP contribution in [-0.2, 0) is 6.42 Å². The third-order valence-electron chi connectivity index (χ3n) is 1.96. The summed E-state index contributed by atoms with van der Waals surface area (Å²) in [6.45, 7) is 1.82. The molecule has 2 heterocycles. The summed E-state index contributed by atoms with van der Waals surface area (Å²) >= 11 is 0. The summed E-state index contributed by atoms with van der Waals surface area (Å²) in [5, 5.41) is 3.72. The quantitative estimate of drug-likeness (QED) is 0.712. The predicted octanol–water partition coefficient (Wildman–Crippen LogP) is 1.80. The van der Waals surface area contributed by atoms with Crippen molar-refractivity contribution in [3.05, 3.63) is 47.6 Å². The van der Waals surface area contributed by atoms with Gasteiger partial charge in [0.05, 0.1) is 12.1 Å². The van der Waals surface area contributed by atoms with Gasteiger partial charge in [0.15, 0.2) is 5.78 Å². The Labute approximate surface area is 86.9 Å². The molecule has 0 bridgehead atoms. The Bertz CT molecular complexity index is 462. The van der Waals surface area contributed by atoms with Crippen molar-refractivity contribution in [1.29, 1.82) is 0 Å². The molecule has 0 aliphatic carbocycles. The van der Waals surface area contributed by atoms with E-state index in [0.717, 1.165) is 5.69 Å². The Balaban J connectivity index is 2.11. The lowest BCUT2D eigenvalue weighted by atomic mass is 10.1. The number of rotatable bonds is 3. The minimum atomic E-state index is -0.0632. The highest BCUT2D eigenvalue weighted by Gasteiger charge is 2.10. The zero-order valence-electron chi connectivity index (χ0n) is 8.30. The van der Waals surface area contributed by atoms with Crippen molar-refractivity contribution in [3.8, 4) is 0 Å². The summed E-state index contributed by atoms with van der Waals surface area (Å²) in [5.41, 5.74) is 1.23. The van der Waals surface area contributed by atoms with Crippen LogP contribution in [0, 0.1) is 6.92 Å². The molecule has 0 aliphatic heterocycles. The van der Waals surface area contributed by atoms with Crippen LogP contribution in [0.15, 0.2) is 35.0 Å². The smallest absolute Gasteiger partial charge is 0.188 e. The Morgan fingerprint density at radius 3 is 2.93 bits per heavy atom. The fraction of sp³-hybridized carbons (Fsp3) is 0.182. The average molecular weight is 202 g/mol. The number of hydrogen-bond donors (Lipinski definition) is 0. The van der Waals surface area contributed by atoms with Crippen LogP contribution in [-0.4, -0.2) is 15.9 Å². The fourth-order valence-corrected chi connectivity index (χ4v) is 1.28. The van der Waals surface area contributed by atoms with Crippen LogP contribution in [0.2, 0.25) is 0 Å². The van der Waals surface area contributed by atoms with Gasteiger partial charge in [0.25, 0.3) is 0 Å². The highest BCUT2D eigenvalue weighted by molar-refractivity contribution is 5.95. The van der Waals surface area contributed by atoms with Crippen molar-refractivity contribution in [1.82, 2.24) is 10.1 Å². The highest BCUT2D eigenvalue weighted by Crippen LogP contribution is 2.06. The third-order valence-corrected chi connectivity index (χ3v) is 1.96. The van der Waals surface area contributed by atoms with Gasteiger partial charge in [0.2, 0.25) is 0 Å². The van der Waals surface area contributed by atoms with E-state index in [0.29, 0.717) is 11.5 Å². The molecule has 0 radical (unpaired) electrons. The van der Waals surface area contributed by atoms with E-state index in [1.807, 2.05) is 6.92 Å². The molecule has 0 aromatic carbocycles. The third kappa shape index (κ3) is 2.28. The van der Waals surface area contributed by atoms with Crippen molar-refractivity contribution in [2.75, 3.05) is 0 Å². The summed E-state index contributed by atoms with van der Waals surface area (Å²) in [4.78, 5) is 15.6. The second kappa shape index (κ2) is 4.04. The van der Waals surface area contributed by atoms with Crippen molar-refractivity contribution in [3.63, 3.8) is 0 Å². The molecular weight excluding hydrogens is 192 g/mol. The van der Waals surface area contributed by atoms with E-state index in [1.165, 1.54) is 0 Å². The molecule has 4 nitrogen and oxygen atoms in total. The second-order valence-corrected chi connectivity index (χ2v) is 3.25. The van der Waals surface area contributed by atoms with Gasteiger partial charge in [-0.2, -0.15) is 0 Å². The van der Waals surface area contributed by atoms with Crippen molar-refractivity contribution in [2.24, 2.45) is 0 Å². The molecule has 76 valence electrons. The lowest BCUT2D eigenvalue weighted by Crippen LogP contribution is -2.04. The molecule has 0 saturated heterocycles. The lowest BCUT2D eigenvalue weighted by Gasteiger charge is -1.95. The molecule has 0 saturated carbocycles. The summed E-state index contributed by atoms with van der Waals surface area (Å²) in [7, 11) is 0. The molecule has 2 aromatic rings. The van der Waals surface area contributed by atoms with E-state index in [1.54, 1.807) is 30.5 Å². The van der Waals surface area contributed by atoms with Gasteiger partial charge >= 0.3 is 0 Å². The van der Waals surface area contributed by atoms with Crippen molar-refractivity contribution >= 4 is 5.78 Å². The number of pyridine rings is 1. The lowest BCUT2D eigenvalue weighted by molar-refractivity contribution is 0.0980. The number of carbonyl (C=O) groups excluding carboxylic acids is 1. The summed E-state index contributed by atoms with van der Waals surface area (Å²) < 4.78 is 4.96. The average Bonchev–Trinajstić information content (AvgIpc) is 2.65. The van der Waals surface area contributed by atoms with Crippen LogP contribution in [0.3, 0.4) is 0 Å². The Hall–Kier alpha value is -1.97. The number of aryl methyl sites for hydroxylation is 1. The van der Waals surface area contributed by atoms with E-state index in [4.69, 9.17) is 4.52 Å². The molecule has 0 fully saturated rings. The second-order valence-electron chi connectivity index (χ2n) is 3.25. The van der Waals surface area contributed by atoms with Gasteiger partial charge in [-0.3, -0.25) is 9.78 Å². The summed E-state index contributed by atoms with van der Waals surface area (Å²) in [5.74, 6) is 0.509. The molecule has 0 aliphatic rings. The monoisotopic (exact) mass is 202 g/mol. The Kier molecular flexibility index (Phi) is 2.58. The van der Waals surface area contributed by atoms with Crippen LogP contribution in [0.5, 0.6) is 0 Å². The summed E-state index contributed by atoms with van der Waals surface area (Å²) in [6, 6.07) is 6.99. The molecule has 2 aromatic heterocycles. The molecule has 2 rings (SSSR count). The Morgan fingerprint density at radius 2 is 2.33 bits per heavy atom. The maximum Gasteiger partial charge on any atom is 0.188 e. The normalized spacial score (nSPS) is 10.2. The maximum atomic E-state index is 11.7. The van der Waals surface area contributed by atoms with Gasteiger partial charge in [0, 0.05) is 12.3 Å². The van der Waals surface area contributed by atoms with Crippen molar-refractivity contribution < 1.29 is 9.32 Å². The molecule has 0 N–H and O–H groups in total. The molecule has 0 amide bonds. The Morgan fingerprint density at radius 1 is 1.47 bits per heavy atom. The number of Topliss-reactive ketones (excluding diaryl/α,β-unsaturated/α-hetero) is 1. The molecule has 0 atom stereocenters. The topological polar surface area (TPSA) is 56.0 Å². The van der Waals surface area contributed by atoms with Crippen LogP contribution in [0.1, 0.15) is 21.9 Å². The van der Waals surface area contributed by atoms with Gasteiger partial charge in [-0.05, 0) is 19.1 Å². The minimum absolute atomic E-state index is 0.0632. The first-order valence-electron chi connectivity index (χ1n) is 4.62. The number of hydrogen-bond acceptors (Lipinski definition) is 4. The van der Waals surface area contributed by atoms with Crippen LogP contribution < -0.4 is 0 Å². The number of carbonyl (C=O) groups is 1. The summed E-state index contributed by atoms with van der Waals surface area (Å²) in [6.07, 6.45) is 1.80. The molecule has 15 heavy (non-hydrogen) atoms. The van der Waals surface area contributed by atoms with Crippen LogP contribution >= 0.6 is 0 Å². The number of aromatic nitrogens is 2. The zero-order valence-corrected chi connectivity index (χ0v) is 8.30. The molecular formula is C11H10N2O2. The first-order chi connectivity index (χ1) is 7.25. The van der Waals surface area contributed by atoms with E-state index < -0.39 is 0 Å². The van der Waals surface area contributed by atoms with E-state index in [9.17, 15) is 4.79 Å². The SMILES string of the molecule is Cc1cc(CC(=O)c2ccccn2)on1.